The van der Waals surface area contributed by atoms with Gasteiger partial charge < -0.3 is 29.1 Å². The Kier molecular flexibility index (Phi) is 12.1. The van der Waals surface area contributed by atoms with Gasteiger partial charge in [-0.05, 0) is 82.9 Å². The third kappa shape index (κ3) is 10.1. The van der Waals surface area contributed by atoms with E-state index in [1.54, 1.807) is 27.9 Å². The van der Waals surface area contributed by atoms with Crippen molar-refractivity contribution in [2.24, 2.45) is 0 Å². The minimum atomic E-state index is -1.03. The van der Waals surface area contributed by atoms with Gasteiger partial charge in [0.1, 0.15) is 23.4 Å². The van der Waals surface area contributed by atoms with Crippen LogP contribution in [0.15, 0.2) is 46.2 Å². The molecule has 0 aliphatic rings. The fourth-order valence-electron chi connectivity index (χ4n) is 3.70. The Hall–Kier alpha value is -2.42. The van der Waals surface area contributed by atoms with Gasteiger partial charge in [0.25, 0.3) is 0 Å². The molecule has 9 heteroatoms. The maximum absolute atomic E-state index is 12.4. The van der Waals surface area contributed by atoms with Gasteiger partial charge >= 0.3 is 6.09 Å². The molecule has 0 aromatic heterocycles. The lowest BCUT2D eigenvalue weighted by Gasteiger charge is -2.31. The summed E-state index contributed by atoms with van der Waals surface area (Å²) in [7, 11) is 1.57. The van der Waals surface area contributed by atoms with Crippen LogP contribution in [0.2, 0.25) is 5.02 Å². The lowest BCUT2D eigenvalue weighted by Crippen LogP contribution is -2.51. The number of benzene rings is 2. The van der Waals surface area contributed by atoms with E-state index in [-0.39, 0.29) is 6.79 Å². The molecule has 37 heavy (non-hydrogen) atoms. The molecule has 7 nitrogen and oxygen atoms in total. The van der Waals surface area contributed by atoms with Gasteiger partial charge in [-0.1, -0.05) is 42.8 Å². The Labute approximate surface area is 229 Å². The van der Waals surface area contributed by atoms with Crippen molar-refractivity contribution in [1.29, 1.82) is 0 Å². The van der Waals surface area contributed by atoms with Crippen LogP contribution in [0.1, 0.15) is 59.4 Å². The number of amides is 1. The molecule has 0 aliphatic heterocycles. The van der Waals surface area contributed by atoms with Gasteiger partial charge in [-0.2, -0.15) is 0 Å². The van der Waals surface area contributed by atoms with Crippen molar-refractivity contribution in [3.8, 4) is 11.5 Å². The van der Waals surface area contributed by atoms with Crippen LogP contribution in [-0.2, 0) is 20.7 Å². The van der Waals surface area contributed by atoms with E-state index in [2.05, 4.69) is 5.32 Å². The number of aryl methyl sites for hydroxylation is 1. The van der Waals surface area contributed by atoms with E-state index in [9.17, 15) is 9.59 Å². The molecule has 0 heterocycles. The molecule has 0 saturated heterocycles. The highest BCUT2D eigenvalue weighted by Crippen LogP contribution is 2.39. The van der Waals surface area contributed by atoms with E-state index in [0.717, 1.165) is 33.8 Å². The fraction of sp³-hybridized carbons (Fsp3) is 0.500. The molecule has 0 saturated carbocycles. The van der Waals surface area contributed by atoms with Gasteiger partial charge in [-0.15, -0.1) is 0 Å². The zero-order chi connectivity index (χ0) is 27.5. The molecule has 2 aromatic rings. The van der Waals surface area contributed by atoms with Gasteiger partial charge in [0.2, 0.25) is 0 Å². The highest BCUT2D eigenvalue weighted by atomic mass is 35.5. The molecule has 1 N–H and O–H groups in total. The molecule has 1 unspecified atom stereocenters. The summed E-state index contributed by atoms with van der Waals surface area (Å²) in [5.74, 6) is 1.43. The van der Waals surface area contributed by atoms with Crippen molar-refractivity contribution in [2.75, 3.05) is 20.5 Å². The van der Waals surface area contributed by atoms with Gasteiger partial charge in [-0.25, -0.2) is 4.79 Å². The lowest BCUT2D eigenvalue weighted by molar-refractivity contribution is -0.114. The van der Waals surface area contributed by atoms with Crippen molar-refractivity contribution < 1.29 is 28.5 Å². The summed E-state index contributed by atoms with van der Waals surface area (Å²) in [6, 6.07) is 11.4. The SMILES string of the molecule is CCCC(C=O)(CCc1ccc(Sc2cc(OCC)ccc2OCOC)cc1Cl)NC(=O)OC(C)(C)C. The standard InChI is InChI=1S/C28H38ClNO6S/c1-7-14-28(18-31,30-26(32)36-27(3,4)5)15-13-20-9-11-22(17-23(20)29)37-25-16-21(34-8-2)10-12-24(25)35-19-33-6/h9-12,16-18H,7-8,13-15,19H2,1-6H3,(H,30,32). The molecule has 0 fully saturated rings. The first-order chi connectivity index (χ1) is 17.5. The van der Waals surface area contributed by atoms with Gasteiger partial charge in [0, 0.05) is 17.0 Å². The molecule has 0 aliphatic carbocycles. The Balaban J connectivity index is 2.18. The van der Waals surface area contributed by atoms with E-state index in [0.29, 0.717) is 36.6 Å². The zero-order valence-electron chi connectivity index (χ0n) is 22.5. The average molecular weight is 552 g/mol. The van der Waals surface area contributed by atoms with Gasteiger partial charge in [-0.3, -0.25) is 0 Å². The number of aldehydes is 1. The van der Waals surface area contributed by atoms with Crippen molar-refractivity contribution in [2.45, 2.75) is 81.2 Å². The molecule has 0 bridgehead atoms. The Morgan fingerprint density at radius 3 is 2.43 bits per heavy atom. The first kappa shape index (κ1) is 30.8. The molecule has 1 amide bonds. The van der Waals surface area contributed by atoms with E-state index in [1.807, 2.05) is 50.2 Å². The van der Waals surface area contributed by atoms with Crippen LogP contribution in [0, 0.1) is 0 Å². The highest BCUT2D eigenvalue weighted by molar-refractivity contribution is 7.99. The monoisotopic (exact) mass is 551 g/mol. The van der Waals surface area contributed by atoms with E-state index in [1.165, 1.54) is 11.8 Å². The topological polar surface area (TPSA) is 83.1 Å². The number of nitrogens with one attached hydrogen (secondary N) is 1. The molecular weight excluding hydrogens is 514 g/mol. The molecule has 1 atom stereocenters. The number of rotatable bonds is 14. The number of ether oxygens (including phenoxy) is 4. The van der Waals surface area contributed by atoms with E-state index >= 15 is 0 Å². The van der Waals surface area contributed by atoms with Crippen molar-refractivity contribution in [3.05, 3.63) is 47.0 Å². The van der Waals surface area contributed by atoms with E-state index in [4.69, 9.17) is 30.5 Å². The Bertz CT molecular complexity index is 1040. The van der Waals surface area contributed by atoms with Crippen molar-refractivity contribution in [3.63, 3.8) is 0 Å². The minimum absolute atomic E-state index is 0.134. The van der Waals surface area contributed by atoms with Gasteiger partial charge in [0.15, 0.2) is 6.79 Å². The summed E-state index contributed by atoms with van der Waals surface area (Å²) < 4.78 is 21.8. The van der Waals surface area contributed by atoms with Crippen LogP contribution in [0.5, 0.6) is 11.5 Å². The summed E-state index contributed by atoms with van der Waals surface area (Å²) in [6.45, 7) is 9.96. The van der Waals surface area contributed by atoms with Gasteiger partial charge in [0.05, 0.1) is 17.0 Å². The molecule has 204 valence electrons. The van der Waals surface area contributed by atoms with E-state index < -0.39 is 17.2 Å². The summed E-state index contributed by atoms with van der Waals surface area (Å²) in [6.07, 6.45) is 2.35. The average Bonchev–Trinajstić information content (AvgIpc) is 2.82. The number of alkyl carbamates (subject to hydrolysis) is 1. The molecule has 0 radical (unpaired) electrons. The summed E-state index contributed by atoms with van der Waals surface area (Å²) in [5.41, 5.74) is -0.794. The largest absolute Gasteiger partial charge is 0.494 e. The number of carbonyl (C=O) groups is 2. The second-order valence-corrected chi connectivity index (χ2v) is 11.1. The van der Waals surface area contributed by atoms with Crippen LogP contribution in [0.3, 0.4) is 0 Å². The molecule has 2 aromatic carbocycles. The highest BCUT2D eigenvalue weighted by Gasteiger charge is 2.32. The fourth-order valence-corrected chi connectivity index (χ4v) is 5.00. The third-order valence-corrected chi connectivity index (χ3v) is 6.70. The number of hydrogen-bond acceptors (Lipinski definition) is 7. The van der Waals surface area contributed by atoms with Crippen LogP contribution in [0.25, 0.3) is 0 Å². The molecule has 2 rings (SSSR count). The predicted molar refractivity (Wildman–Crippen MR) is 147 cm³/mol. The summed E-state index contributed by atoms with van der Waals surface area (Å²) in [5, 5.41) is 3.38. The minimum Gasteiger partial charge on any atom is -0.494 e. The summed E-state index contributed by atoms with van der Waals surface area (Å²) >= 11 is 8.16. The van der Waals surface area contributed by atoms with Crippen LogP contribution in [0.4, 0.5) is 4.79 Å². The maximum atomic E-state index is 12.4. The zero-order valence-corrected chi connectivity index (χ0v) is 24.1. The number of halogens is 1. The van der Waals surface area contributed by atoms with Crippen LogP contribution < -0.4 is 14.8 Å². The van der Waals surface area contributed by atoms with Crippen LogP contribution >= 0.6 is 23.4 Å². The first-order valence-electron chi connectivity index (χ1n) is 12.4. The normalized spacial score (nSPS) is 12.9. The quantitative estimate of drug-likeness (QED) is 0.198. The Morgan fingerprint density at radius 1 is 1.08 bits per heavy atom. The smallest absolute Gasteiger partial charge is 0.408 e. The second kappa shape index (κ2) is 14.5. The predicted octanol–water partition coefficient (Wildman–Crippen LogP) is 7.07. The molecule has 0 spiro atoms. The van der Waals surface area contributed by atoms with Crippen molar-refractivity contribution >= 4 is 35.7 Å². The number of hydrogen-bond donors (Lipinski definition) is 1. The number of carbonyl (C=O) groups excluding carboxylic acids is 2. The van der Waals surface area contributed by atoms with Crippen LogP contribution in [-0.4, -0.2) is 44.0 Å². The molecular formula is C28H38ClNO6S. The maximum Gasteiger partial charge on any atom is 0.408 e. The number of methoxy groups -OCH3 is 1. The van der Waals surface area contributed by atoms with Crippen molar-refractivity contribution in [1.82, 2.24) is 5.32 Å². The lowest BCUT2D eigenvalue weighted by atomic mass is 9.88. The first-order valence-corrected chi connectivity index (χ1v) is 13.6. The Morgan fingerprint density at radius 2 is 1.84 bits per heavy atom. The second-order valence-electron chi connectivity index (χ2n) is 9.60. The third-order valence-electron chi connectivity index (χ3n) is 5.32. The summed E-state index contributed by atoms with van der Waals surface area (Å²) in [4.78, 5) is 26.3.